The van der Waals surface area contributed by atoms with Crippen molar-refractivity contribution in [1.29, 1.82) is 0 Å². The minimum atomic E-state index is 0.813. The summed E-state index contributed by atoms with van der Waals surface area (Å²) in [5, 5.41) is 3.46. The molecule has 2 nitrogen and oxygen atoms in total. The Morgan fingerprint density at radius 1 is 0.909 bits per heavy atom. The van der Waals surface area contributed by atoms with Crippen LogP contribution in [0, 0.1) is 0 Å². The highest BCUT2D eigenvalue weighted by Crippen LogP contribution is 2.18. The van der Waals surface area contributed by atoms with Crippen LogP contribution in [-0.4, -0.2) is 13.2 Å². The van der Waals surface area contributed by atoms with Gasteiger partial charge in [0.15, 0.2) is 0 Å². The van der Waals surface area contributed by atoms with E-state index in [1.54, 1.807) is 0 Å². The fourth-order valence-corrected chi connectivity index (χ4v) is 2.41. The van der Waals surface area contributed by atoms with Crippen molar-refractivity contribution in [3.8, 4) is 5.75 Å². The summed E-state index contributed by atoms with van der Waals surface area (Å²) in [4.78, 5) is 0. The normalized spacial score (nSPS) is 10.4. The highest BCUT2D eigenvalue weighted by molar-refractivity contribution is 5.48. The summed E-state index contributed by atoms with van der Waals surface area (Å²) >= 11 is 0. The first kappa shape index (κ1) is 16.4. The predicted molar refractivity (Wildman–Crippen MR) is 94.7 cm³/mol. The van der Waals surface area contributed by atoms with Crippen LogP contribution in [0.15, 0.2) is 54.6 Å². The zero-order valence-electron chi connectivity index (χ0n) is 13.6. The van der Waals surface area contributed by atoms with E-state index >= 15 is 0 Å². The van der Waals surface area contributed by atoms with E-state index in [-0.39, 0.29) is 0 Å². The number of rotatable bonds is 10. The number of benzene rings is 2. The first-order valence-electron chi connectivity index (χ1n) is 8.39. The second kappa shape index (κ2) is 9.88. The fraction of sp³-hybridized carbons (Fsp3) is 0.400. The quantitative estimate of drug-likeness (QED) is 0.601. The summed E-state index contributed by atoms with van der Waals surface area (Å²) in [5.74, 6) is 0.959. The molecule has 0 aliphatic rings. The molecule has 0 aliphatic carbocycles. The van der Waals surface area contributed by atoms with Gasteiger partial charge in [-0.15, -0.1) is 0 Å². The lowest BCUT2D eigenvalue weighted by atomic mass is 10.1. The molecule has 0 unspecified atom stereocenters. The van der Waals surface area contributed by atoms with Gasteiger partial charge in [-0.2, -0.15) is 0 Å². The molecule has 2 rings (SSSR count). The Morgan fingerprint density at radius 3 is 2.59 bits per heavy atom. The van der Waals surface area contributed by atoms with E-state index in [4.69, 9.17) is 4.74 Å². The van der Waals surface area contributed by atoms with E-state index in [0.717, 1.165) is 37.4 Å². The maximum Gasteiger partial charge on any atom is 0.121 e. The van der Waals surface area contributed by atoms with Gasteiger partial charge in [-0.05, 0) is 30.5 Å². The molecule has 0 saturated carbocycles. The van der Waals surface area contributed by atoms with Gasteiger partial charge in [0, 0.05) is 18.3 Å². The summed E-state index contributed by atoms with van der Waals surface area (Å²) in [5.41, 5.74) is 2.49. The molecule has 0 atom stereocenters. The molecular formula is C20H27NO. The van der Waals surface area contributed by atoms with Gasteiger partial charge >= 0.3 is 0 Å². The Hall–Kier alpha value is -1.96. The van der Waals surface area contributed by atoms with Crippen molar-refractivity contribution in [2.24, 2.45) is 0 Å². The van der Waals surface area contributed by atoms with Crippen molar-refractivity contribution in [2.45, 2.75) is 39.0 Å². The van der Waals surface area contributed by atoms with E-state index < -0.39 is 0 Å². The highest BCUT2D eigenvalue weighted by Gasteiger charge is 1.98. The van der Waals surface area contributed by atoms with E-state index in [0.29, 0.717) is 0 Å². The maximum absolute atomic E-state index is 5.82. The minimum absolute atomic E-state index is 0.813. The number of hydrogen-bond acceptors (Lipinski definition) is 2. The second-order valence-corrected chi connectivity index (χ2v) is 5.60. The highest BCUT2D eigenvalue weighted by atomic mass is 16.5. The molecule has 2 heteroatoms. The largest absolute Gasteiger partial charge is 0.494 e. The zero-order chi connectivity index (χ0) is 15.5. The lowest BCUT2D eigenvalue weighted by molar-refractivity contribution is 0.305. The third-order valence-corrected chi connectivity index (χ3v) is 3.69. The van der Waals surface area contributed by atoms with Crippen LogP contribution in [0.2, 0.25) is 0 Å². The van der Waals surface area contributed by atoms with Gasteiger partial charge < -0.3 is 10.1 Å². The molecule has 0 bridgehead atoms. The Balaban J connectivity index is 1.71. The Morgan fingerprint density at radius 2 is 1.77 bits per heavy atom. The van der Waals surface area contributed by atoms with E-state index in [9.17, 15) is 0 Å². The summed E-state index contributed by atoms with van der Waals surface area (Å²) in [6.07, 6.45) is 5.99. The molecule has 0 heterocycles. The topological polar surface area (TPSA) is 21.3 Å². The van der Waals surface area contributed by atoms with Gasteiger partial charge in [0.05, 0.1) is 6.61 Å². The maximum atomic E-state index is 5.82. The lowest BCUT2D eigenvalue weighted by Crippen LogP contribution is -2.05. The van der Waals surface area contributed by atoms with Gasteiger partial charge in [-0.3, -0.25) is 0 Å². The number of nitrogens with one attached hydrogen (secondary N) is 1. The molecule has 1 N–H and O–H groups in total. The first-order chi connectivity index (χ1) is 10.9. The van der Waals surface area contributed by atoms with E-state index in [1.807, 2.05) is 12.1 Å². The molecule has 118 valence electrons. The average molecular weight is 297 g/mol. The summed E-state index contributed by atoms with van der Waals surface area (Å²) in [7, 11) is 0. The van der Waals surface area contributed by atoms with Crippen LogP contribution < -0.4 is 10.1 Å². The first-order valence-corrected chi connectivity index (χ1v) is 8.39. The van der Waals surface area contributed by atoms with Crippen molar-refractivity contribution in [2.75, 3.05) is 18.5 Å². The lowest BCUT2D eigenvalue weighted by Gasteiger charge is -2.10. The molecule has 2 aromatic carbocycles. The SMILES string of the molecule is CCCCCCOc1cccc(NCCc2ccccc2)c1. The number of unbranched alkanes of at least 4 members (excludes halogenated alkanes) is 3. The molecule has 0 spiro atoms. The molecule has 0 saturated heterocycles. The standard InChI is InChI=1S/C20H27NO/c1-2-3-4-8-16-22-20-13-9-12-19(17-20)21-15-14-18-10-6-5-7-11-18/h5-7,9-13,17,21H,2-4,8,14-16H2,1H3. The number of anilines is 1. The van der Waals surface area contributed by atoms with Gasteiger partial charge in [0.1, 0.15) is 5.75 Å². The minimum Gasteiger partial charge on any atom is -0.494 e. The molecule has 0 fully saturated rings. The molecule has 0 aromatic heterocycles. The molecule has 0 amide bonds. The van der Waals surface area contributed by atoms with E-state index in [2.05, 4.69) is 54.7 Å². The van der Waals surface area contributed by atoms with E-state index in [1.165, 1.54) is 24.8 Å². The fourth-order valence-electron chi connectivity index (χ4n) is 2.41. The Bertz CT molecular complexity index is 524. The van der Waals surface area contributed by atoms with Crippen molar-refractivity contribution >= 4 is 5.69 Å². The van der Waals surface area contributed by atoms with Crippen LogP contribution >= 0.6 is 0 Å². The molecular weight excluding hydrogens is 270 g/mol. The van der Waals surface area contributed by atoms with Crippen molar-refractivity contribution in [3.05, 3.63) is 60.2 Å². The molecule has 0 aliphatic heterocycles. The van der Waals surface area contributed by atoms with Crippen molar-refractivity contribution in [3.63, 3.8) is 0 Å². The summed E-state index contributed by atoms with van der Waals surface area (Å²) < 4.78 is 5.82. The monoisotopic (exact) mass is 297 g/mol. The van der Waals surface area contributed by atoms with Gasteiger partial charge in [-0.25, -0.2) is 0 Å². The zero-order valence-corrected chi connectivity index (χ0v) is 13.6. The van der Waals surface area contributed by atoms with Crippen LogP contribution in [0.5, 0.6) is 5.75 Å². The molecule has 22 heavy (non-hydrogen) atoms. The smallest absolute Gasteiger partial charge is 0.121 e. The van der Waals surface area contributed by atoms with Gasteiger partial charge in [0.25, 0.3) is 0 Å². The third-order valence-electron chi connectivity index (χ3n) is 3.69. The summed E-state index contributed by atoms with van der Waals surface area (Å²) in [6, 6.07) is 18.8. The average Bonchev–Trinajstić information content (AvgIpc) is 2.56. The predicted octanol–water partition coefficient (Wildman–Crippen LogP) is 5.30. The second-order valence-electron chi connectivity index (χ2n) is 5.60. The molecule has 0 radical (unpaired) electrons. The number of hydrogen-bond donors (Lipinski definition) is 1. The van der Waals surface area contributed by atoms with Gasteiger partial charge in [-0.1, -0.05) is 62.6 Å². The third kappa shape index (κ3) is 6.21. The van der Waals surface area contributed by atoms with Crippen LogP contribution in [0.3, 0.4) is 0 Å². The van der Waals surface area contributed by atoms with Gasteiger partial charge in [0.2, 0.25) is 0 Å². The van der Waals surface area contributed by atoms with Crippen molar-refractivity contribution in [1.82, 2.24) is 0 Å². The van der Waals surface area contributed by atoms with Crippen LogP contribution in [0.1, 0.15) is 38.2 Å². The molecule has 2 aromatic rings. The number of ether oxygens (including phenoxy) is 1. The van der Waals surface area contributed by atoms with Crippen LogP contribution in [-0.2, 0) is 6.42 Å². The van der Waals surface area contributed by atoms with Crippen LogP contribution in [0.25, 0.3) is 0 Å². The summed E-state index contributed by atoms with van der Waals surface area (Å²) in [6.45, 7) is 3.98. The van der Waals surface area contributed by atoms with Crippen LogP contribution in [0.4, 0.5) is 5.69 Å². The Kier molecular flexibility index (Phi) is 7.37. The van der Waals surface area contributed by atoms with Crippen molar-refractivity contribution < 1.29 is 4.74 Å². The Labute approximate surface area is 134 Å².